The molecule has 8 nitrogen and oxygen atoms in total. The zero-order valence-corrected chi connectivity index (χ0v) is 24.2. The summed E-state index contributed by atoms with van der Waals surface area (Å²) in [4.78, 5) is 19.7. The van der Waals surface area contributed by atoms with Gasteiger partial charge in [-0.1, -0.05) is 31.2 Å². The Morgan fingerprint density at radius 3 is 2.33 bits per heavy atom. The summed E-state index contributed by atoms with van der Waals surface area (Å²) in [5.41, 5.74) is 1.02. The Morgan fingerprint density at radius 2 is 1.79 bits per heavy atom. The third-order valence-corrected chi connectivity index (χ3v) is 9.36. The predicted molar refractivity (Wildman–Crippen MR) is 153 cm³/mol. The first-order valence-corrected chi connectivity index (χ1v) is 15.2. The van der Waals surface area contributed by atoms with Crippen LogP contribution in [0.5, 0.6) is 0 Å². The number of methoxy groups -OCH3 is 1. The van der Waals surface area contributed by atoms with E-state index in [4.69, 9.17) is 4.74 Å². The number of pyridine rings is 1. The molecule has 1 aromatic heterocycles. The minimum atomic E-state index is -4.39. The van der Waals surface area contributed by atoms with E-state index in [9.17, 15) is 31.5 Å². The number of aromatic nitrogens is 1. The molecule has 1 saturated heterocycles. The highest BCUT2D eigenvalue weighted by Crippen LogP contribution is 2.35. The number of benzene rings is 2. The number of halogens is 3. The minimum Gasteiger partial charge on any atom is -0.395 e. The Kier molecular flexibility index (Phi) is 9.90. The van der Waals surface area contributed by atoms with Crippen LogP contribution in [0.25, 0.3) is 0 Å². The summed E-state index contributed by atoms with van der Waals surface area (Å²) < 4.78 is 68.6. The molecule has 1 aliphatic heterocycles. The van der Waals surface area contributed by atoms with Crippen molar-refractivity contribution >= 4 is 27.2 Å². The number of aliphatic hydroxyl groups excluding tert-OH is 1. The molecule has 42 heavy (non-hydrogen) atoms. The van der Waals surface area contributed by atoms with E-state index in [1.807, 2.05) is 0 Å². The van der Waals surface area contributed by atoms with Gasteiger partial charge in [-0.05, 0) is 60.4 Å². The number of nitrogens with one attached hydrogen (secondary N) is 1. The summed E-state index contributed by atoms with van der Waals surface area (Å²) >= 11 is 0. The zero-order valence-electron chi connectivity index (χ0n) is 23.3. The van der Waals surface area contributed by atoms with E-state index in [-0.39, 0.29) is 22.6 Å². The fourth-order valence-electron chi connectivity index (χ4n) is 5.16. The van der Waals surface area contributed by atoms with E-state index in [0.717, 1.165) is 30.5 Å². The molecule has 0 bridgehead atoms. The molecule has 12 heteroatoms. The summed E-state index contributed by atoms with van der Waals surface area (Å²) in [6, 6.07) is 14.6. The molecule has 3 atom stereocenters. The highest BCUT2D eigenvalue weighted by molar-refractivity contribution is 7.91. The van der Waals surface area contributed by atoms with Crippen LogP contribution in [0.2, 0.25) is 0 Å². The summed E-state index contributed by atoms with van der Waals surface area (Å²) in [6.45, 7) is 2.06. The molecule has 0 spiro atoms. The summed E-state index contributed by atoms with van der Waals surface area (Å²) in [5, 5.41) is 12.7. The fourth-order valence-corrected chi connectivity index (χ4v) is 6.05. The van der Waals surface area contributed by atoms with Crippen LogP contribution in [-0.4, -0.2) is 63.1 Å². The number of nitrogens with zero attached hydrogens (tertiary/aromatic N) is 2. The lowest BCUT2D eigenvalue weighted by Gasteiger charge is -2.40. The average molecular weight is 606 g/mol. The summed E-state index contributed by atoms with van der Waals surface area (Å²) in [5.74, 6) is -0.793. The Morgan fingerprint density at radius 1 is 1.10 bits per heavy atom. The van der Waals surface area contributed by atoms with E-state index >= 15 is 0 Å². The molecule has 0 radical (unpaired) electrons. The van der Waals surface area contributed by atoms with Gasteiger partial charge in [-0.25, -0.2) is 13.4 Å². The lowest BCUT2D eigenvalue weighted by molar-refractivity contribution is -0.137. The highest BCUT2D eigenvalue weighted by atomic mass is 32.2. The molecule has 1 fully saturated rings. The van der Waals surface area contributed by atoms with Gasteiger partial charge in [0, 0.05) is 19.6 Å². The molecule has 1 unspecified atom stereocenters. The number of sulfone groups is 1. The maximum Gasteiger partial charge on any atom is 0.416 e. The topological polar surface area (TPSA) is 109 Å². The van der Waals surface area contributed by atoms with E-state index in [1.165, 1.54) is 42.6 Å². The van der Waals surface area contributed by atoms with Gasteiger partial charge in [0.1, 0.15) is 5.82 Å². The quantitative estimate of drug-likeness (QED) is 0.335. The third kappa shape index (κ3) is 7.29. The van der Waals surface area contributed by atoms with Gasteiger partial charge in [0.25, 0.3) is 0 Å². The maximum absolute atomic E-state index is 13.0. The van der Waals surface area contributed by atoms with Gasteiger partial charge in [-0.15, -0.1) is 0 Å². The Bertz CT molecular complexity index is 1450. The maximum atomic E-state index is 13.0. The lowest BCUT2D eigenvalue weighted by atomic mass is 9.87. The number of carbonyl (C=O) groups is 1. The van der Waals surface area contributed by atoms with Gasteiger partial charge >= 0.3 is 6.18 Å². The number of aliphatic hydroxyl groups is 1. The molecule has 2 N–H and O–H groups in total. The number of anilines is 2. The molecule has 4 rings (SSSR count). The molecule has 1 amide bonds. The second-order valence-corrected chi connectivity index (χ2v) is 12.5. The Labute approximate surface area is 243 Å². The van der Waals surface area contributed by atoms with E-state index < -0.39 is 40.0 Å². The largest absolute Gasteiger partial charge is 0.416 e. The predicted octanol–water partition coefficient (Wildman–Crippen LogP) is 5.01. The highest BCUT2D eigenvalue weighted by Gasteiger charge is 2.33. The van der Waals surface area contributed by atoms with Crippen molar-refractivity contribution in [2.45, 2.75) is 48.7 Å². The second kappa shape index (κ2) is 13.2. The van der Waals surface area contributed by atoms with Crippen molar-refractivity contribution in [1.29, 1.82) is 0 Å². The normalized spacial score (nSPS) is 18.5. The first kappa shape index (κ1) is 31.5. The number of ether oxygens (including phenoxy) is 1. The Hall–Kier alpha value is -3.48. The van der Waals surface area contributed by atoms with E-state index in [2.05, 4.69) is 15.2 Å². The number of hydrogen-bond acceptors (Lipinski definition) is 7. The lowest BCUT2D eigenvalue weighted by Crippen LogP contribution is -2.45. The number of rotatable bonds is 10. The molecule has 0 aliphatic carbocycles. The van der Waals surface area contributed by atoms with Crippen molar-refractivity contribution in [3.05, 3.63) is 83.6 Å². The SMILES string of the molecule is CCS(=O)(=O)c1ccc([C@H](CO)C(=O)Nc2ccc(N3CC(c4ccc(C(F)(F)F)cc4)CC[C@H]3COC)nc2)cc1. The number of piperidine rings is 1. The number of carbonyl (C=O) groups excluding carboxylic acids is 1. The van der Waals surface area contributed by atoms with Crippen LogP contribution in [0.3, 0.4) is 0 Å². The standard InChI is InChI=1S/C30H34F3N3O5S/c1-3-42(39,40)26-13-7-21(8-14-26)27(18-37)29(38)35-24-11-15-28(34-16-24)36-17-22(6-12-25(36)19-41-2)20-4-9-23(10-5-20)30(31,32)33/h4-5,7-11,13-16,22,25,27,37H,3,6,12,17-19H2,1-2H3,(H,35,38)/t22?,25-,27-/m0/s1. The van der Waals surface area contributed by atoms with Crippen molar-refractivity contribution < 1.29 is 36.2 Å². The molecule has 2 heterocycles. The van der Waals surface area contributed by atoms with Gasteiger partial charge in [-0.3, -0.25) is 4.79 Å². The summed E-state index contributed by atoms with van der Waals surface area (Å²) in [7, 11) is -1.78. The molecule has 1 aliphatic rings. The molecular formula is C30H34F3N3O5S. The summed E-state index contributed by atoms with van der Waals surface area (Å²) in [6.07, 6.45) is -1.33. The molecule has 226 valence electrons. The van der Waals surface area contributed by atoms with Crippen LogP contribution in [0.4, 0.5) is 24.7 Å². The van der Waals surface area contributed by atoms with Gasteiger partial charge in [0.15, 0.2) is 9.84 Å². The van der Waals surface area contributed by atoms with Crippen LogP contribution in [0.1, 0.15) is 48.3 Å². The van der Waals surface area contributed by atoms with Crippen molar-refractivity contribution in [1.82, 2.24) is 4.98 Å². The smallest absolute Gasteiger partial charge is 0.395 e. The van der Waals surface area contributed by atoms with Gasteiger partial charge in [0.05, 0.1) is 53.3 Å². The van der Waals surface area contributed by atoms with Gasteiger partial charge in [-0.2, -0.15) is 13.2 Å². The van der Waals surface area contributed by atoms with Crippen LogP contribution < -0.4 is 10.2 Å². The third-order valence-electron chi connectivity index (χ3n) is 7.61. The molecule has 3 aromatic rings. The van der Waals surface area contributed by atoms with E-state index in [0.29, 0.717) is 30.2 Å². The second-order valence-electron chi connectivity index (χ2n) is 10.3. The van der Waals surface area contributed by atoms with Crippen LogP contribution >= 0.6 is 0 Å². The first-order chi connectivity index (χ1) is 20.0. The molecule has 0 saturated carbocycles. The van der Waals surface area contributed by atoms with Crippen LogP contribution in [0.15, 0.2) is 71.8 Å². The van der Waals surface area contributed by atoms with Crippen molar-refractivity contribution in [2.24, 2.45) is 0 Å². The van der Waals surface area contributed by atoms with Crippen LogP contribution in [0, 0.1) is 0 Å². The Balaban J connectivity index is 1.46. The number of amides is 1. The fraction of sp³-hybridized carbons (Fsp3) is 0.400. The molecular weight excluding hydrogens is 571 g/mol. The molecule has 2 aromatic carbocycles. The minimum absolute atomic E-state index is 0.00517. The van der Waals surface area contributed by atoms with E-state index in [1.54, 1.807) is 26.2 Å². The van der Waals surface area contributed by atoms with Crippen molar-refractivity contribution in [3.8, 4) is 0 Å². The number of alkyl halides is 3. The monoisotopic (exact) mass is 605 g/mol. The first-order valence-electron chi connectivity index (χ1n) is 13.6. The van der Waals surface area contributed by atoms with Gasteiger partial charge < -0.3 is 20.1 Å². The van der Waals surface area contributed by atoms with Crippen molar-refractivity contribution in [3.63, 3.8) is 0 Å². The van der Waals surface area contributed by atoms with Gasteiger partial charge in [0.2, 0.25) is 5.91 Å². The van der Waals surface area contributed by atoms with Crippen LogP contribution in [-0.2, 0) is 25.5 Å². The number of hydrogen-bond donors (Lipinski definition) is 2. The van der Waals surface area contributed by atoms with Crippen molar-refractivity contribution in [2.75, 3.05) is 42.8 Å². The zero-order chi connectivity index (χ0) is 30.5. The average Bonchev–Trinajstić information content (AvgIpc) is 2.98.